The van der Waals surface area contributed by atoms with E-state index in [-0.39, 0.29) is 10.8 Å². The predicted octanol–water partition coefficient (Wildman–Crippen LogP) is 1.68. The fourth-order valence-electron chi connectivity index (χ4n) is 2.04. The highest BCUT2D eigenvalue weighted by Gasteiger charge is 2.20. The Hall–Kier alpha value is -1.04. The summed E-state index contributed by atoms with van der Waals surface area (Å²) in [6.45, 7) is 4.91. The molecule has 0 radical (unpaired) electrons. The summed E-state index contributed by atoms with van der Waals surface area (Å²) in [7, 11) is 0. The zero-order valence-electron chi connectivity index (χ0n) is 10.4. The lowest BCUT2D eigenvalue weighted by molar-refractivity contribution is -0.00480. The van der Waals surface area contributed by atoms with Crippen LogP contribution in [0.5, 0.6) is 0 Å². The molecule has 5 heteroatoms. The molecular weight excluding hydrogens is 251 g/mol. The molecule has 0 saturated carbocycles. The highest BCUT2D eigenvalue weighted by molar-refractivity contribution is 7.80. The van der Waals surface area contributed by atoms with Gasteiger partial charge in [0.25, 0.3) is 0 Å². The van der Waals surface area contributed by atoms with E-state index in [1.165, 1.54) is 6.07 Å². The van der Waals surface area contributed by atoms with Gasteiger partial charge in [0.05, 0.1) is 13.2 Å². The minimum Gasteiger partial charge on any atom is -0.389 e. The Kier molecular flexibility index (Phi) is 4.27. The normalized spacial score (nSPS) is 20.9. The maximum Gasteiger partial charge on any atom is 0.128 e. The standard InChI is InChI=1S/C13H17FN2OS/c1-9-8-17-5-4-16(9)7-11-3-2-10(13(15)18)6-12(11)14/h2-3,6,9H,4-5,7-8H2,1H3,(H2,15,18). The number of hydrogen-bond donors (Lipinski definition) is 1. The summed E-state index contributed by atoms with van der Waals surface area (Å²) in [4.78, 5) is 2.43. The number of rotatable bonds is 3. The van der Waals surface area contributed by atoms with E-state index >= 15 is 0 Å². The Balaban J connectivity index is 2.11. The third-order valence-electron chi connectivity index (χ3n) is 3.22. The summed E-state index contributed by atoms with van der Waals surface area (Å²) < 4.78 is 19.3. The summed E-state index contributed by atoms with van der Waals surface area (Å²) >= 11 is 4.83. The van der Waals surface area contributed by atoms with E-state index in [0.717, 1.165) is 6.54 Å². The Morgan fingerprint density at radius 2 is 2.39 bits per heavy atom. The van der Waals surface area contributed by atoms with Crippen LogP contribution in [-0.2, 0) is 11.3 Å². The van der Waals surface area contributed by atoms with Crippen LogP contribution in [0.4, 0.5) is 4.39 Å². The molecule has 1 unspecified atom stereocenters. The molecule has 1 fully saturated rings. The Morgan fingerprint density at radius 1 is 1.61 bits per heavy atom. The predicted molar refractivity (Wildman–Crippen MR) is 73.0 cm³/mol. The number of halogens is 1. The smallest absolute Gasteiger partial charge is 0.128 e. The lowest BCUT2D eigenvalue weighted by atomic mass is 10.1. The summed E-state index contributed by atoms with van der Waals surface area (Å²) in [5.41, 5.74) is 6.72. The SMILES string of the molecule is CC1COCCN1Cc1ccc(C(N)=S)cc1F. The van der Waals surface area contributed by atoms with E-state index in [2.05, 4.69) is 11.8 Å². The molecule has 1 saturated heterocycles. The number of nitrogens with zero attached hydrogens (tertiary/aromatic N) is 1. The number of ether oxygens (including phenoxy) is 1. The number of benzene rings is 1. The first-order valence-electron chi connectivity index (χ1n) is 5.98. The lowest BCUT2D eigenvalue weighted by Crippen LogP contribution is -2.43. The third kappa shape index (κ3) is 3.04. The fraction of sp³-hybridized carbons (Fsp3) is 0.462. The van der Waals surface area contributed by atoms with Crippen molar-refractivity contribution in [2.45, 2.75) is 19.5 Å². The molecule has 0 bridgehead atoms. The topological polar surface area (TPSA) is 38.5 Å². The van der Waals surface area contributed by atoms with Gasteiger partial charge in [0.15, 0.2) is 0 Å². The summed E-state index contributed by atoms with van der Waals surface area (Å²) in [6.07, 6.45) is 0. The maximum absolute atomic E-state index is 13.9. The van der Waals surface area contributed by atoms with Crippen molar-refractivity contribution in [3.8, 4) is 0 Å². The van der Waals surface area contributed by atoms with Crippen molar-refractivity contribution in [1.82, 2.24) is 4.90 Å². The Bertz CT molecular complexity index is 453. The molecule has 2 rings (SSSR count). The van der Waals surface area contributed by atoms with Gasteiger partial charge in [0, 0.05) is 30.3 Å². The first kappa shape index (κ1) is 13.4. The van der Waals surface area contributed by atoms with Crippen LogP contribution in [0.3, 0.4) is 0 Å². The fourth-order valence-corrected chi connectivity index (χ4v) is 2.17. The third-order valence-corrected chi connectivity index (χ3v) is 3.45. The molecule has 0 spiro atoms. The second-order valence-electron chi connectivity index (χ2n) is 4.56. The van der Waals surface area contributed by atoms with Crippen molar-refractivity contribution < 1.29 is 9.13 Å². The van der Waals surface area contributed by atoms with Gasteiger partial charge in [-0.2, -0.15) is 0 Å². The zero-order chi connectivity index (χ0) is 13.1. The van der Waals surface area contributed by atoms with Crippen LogP contribution >= 0.6 is 12.2 Å². The largest absolute Gasteiger partial charge is 0.389 e. The van der Waals surface area contributed by atoms with Gasteiger partial charge in [0.2, 0.25) is 0 Å². The molecule has 18 heavy (non-hydrogen) atoms. The maximum atomic E-state index is 13.9. The van der Waals surface area contributed by atoms with E-state index in [9.17, 15) is 4.39 Å². The lowest BCUT2D eigenvalue weighted by Gasteiger charge is -2.33. The van der Waals surface area contributed by atoms with Gasteiger partial charge in [-0.15, -0.1) is 0 Å². The quantitative estimate of drug-likeness (QED) is 0.847. The molecule has 98 valence electrons. The van der Waals surface area contributed by atoms with Crippen LogP contribution in [0.25, 0.3) is 0 Å². The van der Waals surface area contributed by atoms with Gasteiger partial charge in [-0.1, -0.05) is 24.4 Å². The highest BCUT2D eigenvalue weighted by Crippen LogP contribution is 2.16. The minimum absolute atomic E-state index is 0.222. The number of nitrogens with two attached hydrogens (primary N) is 1. The van der Waals surface area contributed by atoms with Crippen molar-refractivity contribution in [2.24, 2.45) is 5.73 Å². The molecule has 0 amide bonds. The Morgan fingerprint density at radius 3 is 3.00 bits per heavy atom. The summed E-state index contributed by atoms with van der Waals surface area (Å²) in [5, 5.41) is 0. The number of hydrogen-bond acceptors (Lipinski definition) is 3. The molecule has 1 atom stereocenters. The first-order chi connectivity index (χ1) is 8.58. The molecule has 1 aromatic rings. The molecule has 1 aromatic carbocycles. The molecular formula is C13H17FN2OS. The van der Waals surface area contributed by atoms with Gasteiger partial charge < -0.3 is 10.5 Å². The molecule has 1 heterocycles. The monoisotopic (exact) mass is 268 g/mol. The molecule has 3 nitrogen and oxygen atoms in total. The van der Waals surface area contributed by atoms with Crippen LogP contribution in [-0.4, -0.2) is 35.7 Å². The van der Waals surface area contributed by atoms with Gasteiger partial charge in [0.1, 0.15) is 10.8 Å². The van der Waals surface area contributed by atoms with E-state index < -0.39 is 0 Å². The van der Waals surface area contributed by atoms with Crippen molar-refractivity contribution in [2.75, 3.05) is 19.8 Å². The van der Waals surface area contributed by atoms with E-state index in [4.69, 9.17) is 22.7 Å². The second kappa shape index (κ2) is 5.73. The van der Waals surface area contributed by atoms with Gasteiger partial charge in [-0.3, -0.25) is 4.90 Å². The van der Waals surface area contributed by atoms with Crippen molar-refractivity contribution >= 4 is 17.2 Å². The van der Waals surface area contributed by atoms with Crippen molar-refractivity contribution in [1.29, 1.82) is 0 Å². The van der Waals surface area contributed by atoms with Crippen LogP contribution in [0.15, 0.2) is 18.2 Å². The van der Waals surface area contributed by atoms with Gasteiger partial charge in [-0.25, -0.2) is 4.39 Å². The second-order valence-corrected chi connectivity index (χ2v) is 5.00. The average molecular weight is 268 g/mol. The average Bonchev–Trinajstić information content (AvgIpc) is 2.34. The summed E-state index contributed by atoms with van der Waals surface area (Å²) in [5.74, 6) is -0.251. The molecule has 0 aliphatic carbocycles. The molecule has 1 aliphatic heterocycles. The highest BCUT2D eigenvalue weighted by atomic mass is 32.1. The van der Waals surface area contributed by atoms with E-state index in [1.54, 1.807) is 12.1 Å². The Labute approximate surface area is 112 Å². The van der Waals surface area contributed by atoms with Crippen molar-refractivity contribution in [3.63, 3.8) is 0 Å². The summed E-state index contributed by atoms with van der Waals surface area (Å²) in [6, 6.07) is 5.24. The van der Waals surface area contributed by atoms with Gasteiger partial charge in [-0.05, 0) is 13.0 Å². The van der Waals surface area contributed by atoms with Crippen LogP contribution in [0.1, 0.15) is 18.1 Å². The van der Waals surface area contributed by atoms with Gasteiger partial charge >= 0.3 is 0 Å². The zero-order valence-corrected chi connectivity index (χ0v) is 11.2. The van der Waals surface area contributed by atoms with Crippen LogP contribution < -0.4 is 5.73 Å². The molecule has 1 aliphatic rings. The van der Waals surface area contributed by atoms with Crippen LogP contribution in [0, 0.1) is 5.82 Å². The number of morpholine rings is 1. The molecule has 0 aromatic heterocycles. The van der Waals surface area contributed by atoms with Crippen molar-refractivity contribution in [3.05, 3.63) is 35.1 Å². The minimum atomic E-state index is -0.251. The first-order valence-corrected chi connectivity index (χ1v) is 6.39. The van der Waals surface area contributed by atoms with E-state index in [0.29, 0.717) is 36.9 Å². The number of thiocarbonyl (C=S) groups is 1. The van der Waals surface area contributed by atoms with E-state index in [1.807, 2.05) is 0 Å². The van der Waals surface area contributed by atoms with Crippen LogP contribution in [0.2, 0.25) is 0 Å². The molecule has 2 N–H and O–H groups in total.